The third-order valence-electron chi connectivity index (χ3n) is 2.24. The summed E-state index contributed by atoms with van der Waals surface area (Å²) < 4.78 is 6.37. The molecule has 0 aliphatic heterocycles. The van der Waals surface area contributed by atoms with Crippen LogP contribution >= 0.6 is 15.9 Å². The van der Waals surface area contributed by atoms with Gasteiger partial charge in [-0.25, -0.2) is 4.79 Å². The van der Waals surface area contributed by atoms with Gasteiger partial charge in [0.1, 0.15) is 0 Å². The predicted molar refractivity (Wildman–Crippen MR) is 70.1 cm³/mol. The molecule has 0 fully saturated rings. The first-order chi connectivity index (χ1) is 7.99. The van der Waals surface area contributed by atoms with E-state index in [9.17, 15) is 4.79 Å². The lowest BCUT2D eigenvalue weighted by atomic mass is 10.1. The van der Waals surface area contributed by atoms with Gasteiger partial charge in [0.25, 0.3) is 0 Å². The maximum Gasteiger partial charge on any atom is 0.333 e. The number of hydrogen-bond acceptors (Lipinski definition) is 2. The van der Waals surface area contributed by atoms with E-state index in [1.807, 2.05) is 38.1 Å². The summed E-state index contributed by atoms with van der Waals surface area (Å²) in [5.74, 6) is -0.574. The molecule has 1 rings (SSSR count). The number of aliphatic carboxylic acids is 1. The number of rotatable bonds is 6. The summed E-state index contributed by atoms with van der Waals surface area (Å²) in [5.41, 5.74) is 0.962. The maximum absolute atomic E-state index is 11.0. The molecule has 0 aliphatic rings. The van der Waals surface area contributed by atoms with E-state index in [0.717, 1.165) is 10.0 Å². The fourth-order valence-electron chi connectivity index (χ4n) is 1.36. The van der Waals surface area contributed by atoms with Crippen LogP contribution < -0.4 is 0 Å². The molecule has 1 aromatic carbocycles. The minimum absolute atomic E-state index is 0.335. The van der Waals surface area contributed by atoms with E-state index >= 15 is 0 Å². The highest BCUT2D eigenvalue weighted by molar-refractivity contribution is 9.10. The van der Waals surface area contributed by atoms with Crippen LogP contribution in [-0.2, 0) is 16.0 Å². The predicted octanol–water partition coefficient (Wildman–Crippen LogP) is 3.12. The smallest absolute Gasteiger partial charge is 0.333 e. The van der Waals surface area contributed by atoms with Crippen LogP contribution in [0.25, 0.3) is 0 Å². The fraction of sp³-hybridized carbons (Fsp3) is 0.462. The van der Waals surface area contributed by atoms with Gasteiger partial charge >= 0.3 is 5.97 Å². The average molecular weight is 301 g/mol. The molecule has 0 aromatic heterocycles. The highest BCUT2D eigenvalue weighted by atomic mass is 79.9. The number of benzene rings is 1. The topological polar surface area (TPSA) is 46.5 Å². The lowest BCUT2D eigenvalue weighted by molar-refractivity contribution is -0.150. The minimum Gasteiger partial charge on any atom is -0.479 e. The number of hydrogen-bond donors (Lipinski definition) is 1. The summed E-state index contributed by atoms with van der Waals surface area (Å²) in [6.45, 7) is 4.46. The van der Waals surface area contributed by atoms with Crippen molar-refractivity contribution in [3.8, 4) is 0 Å². The normalized spacial score (nSPS) is 12.7. The van der Waals surface area contributed by atoms with Crippen molar-refractivity contribution in [2.24, 2.45) is 5.92 Å². The van der Waals surface area contributed by atoms with E-state index in [-0.39, 0.29) is 0 Å². The van der Waals surface area contributed by atoms with Gasteiger partial charge in [0.15, 0.2) is 6.10 Å². The van der Waals surface area contributed by atoms with E-state index in [2.05, 4.69) is 15.9 Å². The molecule has 0 spiro atoms. The highest BCUT2D eigenvalue weighted by Gasteiger charge is 2.18. The Morgan fingerprint density at radius 3 is 2.41 bits per heavy atom. The second kappa shape index (κ2) is 6.77. The Morgan fingerprint density at radius 2 is 1.94 bits per heavy atom. The Morgan fingerprint density at radius 1 is 1.35 bits per heavy atom. The van der Waals surface area contributed by atoms with Gasteiger partial charge in [-0.3, -0.25) is 0 Å². The second-order valence-corrected chi connectivity index (χ2v) is 5.30. The third kappa shape index (κ3) is 5.33. The molecular formula is C13H17BrO3. The van der Waals surface area contributed by atoms with Crippen LogP contribution in [0.5, 0.6) is 0 Å². The van der Waals surface area contributed by atoms with Crippen molar-refractivity contribution < 1.29 is 14.6 Å². The quantitative estimate of drug-likeness (QED) is 0.878. The zero-order valence-corrected chi connectivity index (χ0v) is 11.6. The lowest BCUT2D eigenvalue weighted by Gasteiger charge is -2.15. The average Bonchev–Trinajstić information content (AvgIpc) is 2.26. The molecule has 0 saturated carbocycles. The Hall–Kier alpha value is -0.870. The largest absolute Gasteiger partial charge is 0.479 e. The van der Waals surface area contributed by atoms with Crippen LogP contribution in [0.2, 0.25) is 0 Å². The van der Waals surface area contributed by atoms with Crippen molar-refractivity contribution in [3.63, 3.8) is 0 Å². The van der Waals surface area contributed by atoms with Crippen molar-refractivity contribution in [2.75, 3.05) is 6.61 Å². The number of carbonyl (C=O) groups is 1. The Balaban J connectivity index is 2.60. The van der Waals surface area contributed by atoms with E-state index in [1.54, 1.807) is 0 Å². The van der Waals surface area contributed by atoms with Crippen LogP contribution in [0, 0.1) is 5.92 Å². The minimum atomic E-state index is -0.909. The molecule has 4 heteroatoms. The first kappa shape index (κ1) is 14.2. The van der Waals surface area contributed by atoms with Crippen LogP contribution in [0.1, 0.15) is 19.4 Å². The van der Waals surface area contributed by atoms with Gasteiger partial charge in [0.05, 0.1) is 6.61 Å². The van der Waals surface area contributed by atoms with Gasteiger partial charge in [-0.1, -0.05) is 41.9 Å². The highest BCUT2D eigenvalue weighted by Crippen LogP contribution is 2.13. The van der Waals surface area contributed by atoms with Gasteiger partial charge in [-0.05, 0) is 23.6 Å². The number of ether oxygens (including phenoxy) is 1. The summed E-state index contributed by atoms with van der Waals surface area (Å²) in [7, 11) is 0. The monoisotopic (exact) mass is 300 g/mol. The standard InChI is InChI=1S/C13H17BrO3/c1-9(2)8-17-12(13(15)16)7-10-3-5-11(14)6-4-10/h3-6,9,12H,7-8H2,1-2H3,(H,15,16). The Labute approximate surface area is 110 Å². The summed E-state index contributed by atoms with van der Waals surface area (Å²) >= 11 is 3.34. The van der Waals surface area contributed by atoms with Crippen LogP contribution in [0.15, 0.2) is 28.7 Å². The molecular weight excluding hydrogens is 284 g/mol. The molecule has 1 N–H and O–H groups in total. The molecule has 0 aliphatic carbocycles. The van der Waals surface area contributed by atoms with Crippen molar-refractivity contribution >= 4 is 21.9 Å². The van der Waals surface area contributed by atoms with Crippen molar-refractivity contribution in [1.82, 2.24) is 0 Å². The van der Waals surface area contributed by atoms with E-state index in [0.29, 0.717) is 18.9 Å². The van der Waals surface area contributed by atoms with Gasteiger partial charge < -0.3 is 9.84 Å². The van der Waals surface area contributed by atoms with Crippen molar-refractivity contribution in [3.05, 3.63) is 34.3 Å². The molecule has 1 aromatic rings. The molecule has 94 valence electrons. The molecule has 1 atom stereocenters. The van der Waals surface area contributed by atoms with Gasteiger partial charge in [-0.15, -0.1) is 0 Å². The molecule has 0 saturated heterocycles. The third-order valence-corrected chi connectivity index (χ3v) is 2.77. The fourth-order valence-corrected chi connectivity index (χ4v) is 1.63. The molecule has 3 nitrogen and oxygen atoms in total. The van der Waals surface area contributed by atoms with Crippen molar-refractivity contribution in [2.45, 2.75) is 26.4 Å². The zero-order chi connectivity index (χ0) is 12.8. The number of halogens is 1. The lowest BCUT2D eigenvalue weighted by Crippen LogP contribution is -2.27. The molecule has 0 heterocycles. The van der Waals surface area contributed by atoms with Crippen LogP contribution in [0.3, 0.4) is 0 Å². The first-order valence-corrected chi connectivity index (χ1v) is 6.37. The van der Waals surface area contributed by atoms with Crippen LogP contribution in [-0.4, -0.2) is 23.8 Å². The summed E-state index contributed by atoms with van der Waals surface area (Å²) in [6.07, 6.45) is -0.367. The molecule has 0 amide bonds. The molecule has 0 bridgehead atoms. The first-order valence-electron chi connectivity index (χ1n) is 5.58. The SMILES string of the molecule is CC(C)COC(Cc1ccc(Br)cc1)C(=O)O. The van der Waals surface area contributed by atoms with Gasteiger partial charge in [0.2, 0.25) is 0 Å². The van der Waals surface area contributed by atoms with Crippen LogP contribution in [0.4, 0.5) is 0 Å². The zero-order valence-electron chi connectivity index (χ0n) is 10.0. The number of carboxylic acids is 1. The van der Waals surface area contributed by atoms with E-state index < -0.39 is 12.1 Å². The van der Waals surface area contributed by atoms with E-state index in [4.69, 9.17) is 9.84 Å². The summed E-state index contributed by atoms with van der Waals surface area (Å²) in [6, 6.07) is 7.60. The maximum atomic E-state index is 11.0. The van der Waals surface area contributed by atoms with Gasteiger partial charge in [-0.2, -0.15) is 0 Å². The number of carboxylic acid groups (broad SMARTS) is 1. The molecule has 17 heavy (non-hydrogen) atoms. The molecule has 1 unspecified atom stereocenters. The summed E-state index contributed by atoms with van der Waals surface area (Å²) in [5, 5.41) is 9.07. The summed E-state index contributed by atoms with van der Waals surface area (Å²) in [4.78, 5) is 11.0. The second-order valence-electron chi connectivity index (χ2n) is 4.38. The molecule has 0 radical (unpaired) electrons. The van der Waals surface area contributed by atoms with E-state index in [1.165, 1.54) is 0 Å². The van der Waals surface area contributed by atoms with Crippen molar-refractivity contribution in [1.29, 1.82) is 0 Å². The van der Waals surface area contributed by atoms with Gasteiger partial charge in [0, 0.05) is 10.9 Å². The Kier molecular flexibility index (Phi) is 5.65. The Bertz CT molecular complexity index is 359.